The van der Waals surface area contributed by atoms with E-state index in [0.717, 1.165) is 0 Å². The Morgan fingerprint density at radius 3 is 2.27 bits per heavy atom. The highest BCUT2D eigenvalue weighted by Gasteiger charge is 1.93. The summed E-state index contributed by atoms with van der Waals surface area (Å²) in [5.41, 5.74) is 0.610. The molecule has 4 nitrogen and oxygen atoms in total. The molecule has 1 rings (SSSR count). The summed E-state index contributed by atoms with van der Waals surface area (Å²) < 4.78 is 12.3. The molecule has 0 aliphatic rings. The van der Waals surface area contributed by atoms with Gasteiger partial charge >= 0.3 is 6.54 Å². The van der Waals surface area contributed by atoms with Gasteiger partial charge in [0.1, 0.15) is 10.8 Å². The molecule has 0 saturated heterocycles. The third kappa shape index (κ3) is 7.14. The lowest BCUT2D eigenvalue weighted by atomic mass is 10.3. The van der Waals surface area contributed by atoms with Crippen LogP contribution in [-0.4, -0.2) is 12.5 Å². The van der Waals surface area contributed by atoms with Crippen molar-refractivity contribution >= 4 is 11.6 Å². The number of nitrogens with zero attached hydrogens (tertiary/aromatic N) is 2. The van der Waals surface area contributed by atoms with E-state index in [0.29, 0.717) is 12.2 Å². The standard InChI is InChI=1S/C8H8FNO.C2H5N2/c1-6(11)10-8-4-2-7(9)3-5-8;1-2-4-3/h2-5H,1H3,(H,10,11);2H2,1H3/q;+1. The van der Waals surface area contributed by atoms with Crippen LogP contribution < -0.4 is 5.32 Å². The molecule has 15 heavy (non-hydrogen) atoms. The molecular formula is C10H13FN3O+. The fourth-order valence-electron chi connectivity index (χ4n) is 0.736. The van der Waals surface area contributed by atoms with Gasteiger partial charge in [-0.3, -0.25) is 4.79 Å². The Morgan fingerprint density at radius 2 is 1.93 bits per heavy atom. The first kappa shape index (κ1) is 13.0. The molecule has 0 radical (unpaired) electrons. The first-order chi connectivity index (χ1) is 7.10. The second-order valence-corrected chi connectivity index (χ2v) is 2.65. The summed E-state index contributed by atoms with van der Waals surface area (Å²) in [7, 11) is 0. The third-order valence-corrected chi connectivity index (χ3v) is 1.31. The molecule has 0 aliphatic heterocycles. The number of anilines is 1. The number of carbonyl (C=O) groups is 1. The maximum absolute atomic E-state index is 12.3. The Kier molecular flexibility index (Phi) is 6.47. The van der Waals surface area contributed by atoms with Crippen molar-refractivity contribution in [3.8, 4) is 0 Å². The van der Waals surface area contributed by atoms with Gasteiger partial charge in [0.15, 0.2) is 0 Å². The van der Waals surface area contributed by atoms with Crippen molar-refractivity contribution in [1.82, 2.24) is 0 Å². The minimum Gasteiger partial charge on any atom is -0.326 e. The molecule has 1 aromatic rings. The van der Waals surface area contributed by atoms with E-state index in [2.05, 4.69) is 10.3 Å². The number of carbonyl (C=O) groups excluding carboxylic acids is 1. The van der Waals surface area contributed by atoms with Crippen molar-refractivity contribution in [3.05, 3.63) is 35.1 Å². The summed E-state index contributed by atoms with van der Waals surface area (Å²) in [5, 5.41) is 10.0. The van der Waals surface area contributed by atoms with Crippen molar-refractivity contribution in [2.24, 2.45) is 0 Å². The zero-order chi connectivity index (χ0) is 11.7. The minimum absolute atomic E-state index is 0.156. The van der Waals surface area contributed by atoms with E-state index >= 15 is 0 Å². The largest absolute Gasteiger partial charge is 0.326 e. The monoisotopic (exact) mass is 210 g/mol. The smallest absolute Gasteiger partial charge is 0.302 e. The lowest BCUT2D eigenvalue weighted by molar-refractivity contribution is -0.114. The SMILES string of the molecule is CC(=O)Nc1ccc(F)cc1.CC[N+]#N. The number of nitrogens with one attached hydrogen (secondary N) is 1. The number of benzene rings is 1. The van der Waals surface area contributed by atoms with Crippen molar-refractivity contribution in [1.29, 1.82) is 5.39 Å². The van der Waals surface area contributed by atoms with Crippen LogP contribution in [0.15, 0.2) is 24.3 Å². The average molecular weight is 210 g/mol. The molecule has 0 bridgehead atoms. The van der Waals surface area contributed by atoms with E-state index in [1.165, 1.54) is 31.2 Å². The van der Waals surface area contributed by atoms with Crippen molar-refractivity contribution in [3.63, 3.8) is 0 Å². The minimum atomic E-state index is -0.306. The summed E-state index contributed by atoms with van der Waals surface area (Å²) in [6.45, 7) is 3.67. The Labute approximate surface area is 87.7 Å². The van der Waals surface area contributed by atoms with Crippen molar-refractivity contribution in [2.45, 2.75) is 13.8 Å². The normalized spacial score (nSPS) is 8.13. The molecule has 0 spiro atoms. The summed E-state index contributed by atoms with van der Waals surface area (Å²) in [5.74, 6) is -0.462. The highest BCUT2D eigenvalue weighted by atomic mass is 19.1. The van der Waals surface area contributed by atoms with Gasteiger partial charge in [-0.2, -0.15) is 0 Å². The number of diazo groups is 1. The second-order valence-electron chi connectivity index (χ2n) is 2.65. The zero-order valence-corrected chi connectivity index (χ0v) is 8.70. The van der Waals surface area contributed by atoms with Gasteiger partial charge in [0.25, 0.3) is 0 Å². The van der Waals surface area contributed by atoms with E-state index in [1.807, 2.05) is 0 Å². The number of amides is 1. The van der Waals surface area contributed by atoms with E-state index in [4.69, 9.17) is 5.39 Å². The molecule has 0 saturated carbocycles. The summed E-state index contributed by atoms with van der Waals surface area (Å²) in [6.07, 6.45) is 0. The molecule has 1 N–H and O–H groups in total. The third-order valence-electron chi connectivity index (χ3n) is 1.31. The highest BCUT2D eigenvalue weighted by Crippen LogP contribution is 2.07. The Bertz CT molecular complexity index is 343. The molecule has 0 aliphatic carbocycles. The number of hydrogen-bond acceptors (Lipinski definition) is 2. The van der Waals surface area contributed by atoms with Crippen molar-refractivity contribution in [2.75, 3.05) is 11.9 Å². The van der Waals surface area contributed by atoms with Crippen molar-refractivity contribution < 1.29 is 9.18 Å². The number of rotatable bonds is 1. The molecule has 1 amide bonds. The zero-order valence-electron chi connectivity index (χ0n) is 8.70. The number of halogens is 1. The van der Waals surface area contributed by atoms with Gasteiger partial charge in [-0.25, -0.2) is 4.39 Å². The van der Waals surface area contributed by atoms with Crippen LogP contribution in [0.4, 0.5) is 10.1 Å². The molecule has 1 aromatic carbocycles. The molecule has 0 unspecified atom stereocenters. The summed E-state index contributed by atoms with van der Waals surface area (Å²) in [6, 6.07) is 5.62. The Balaban J connectivity index is 0.000000423. The van der Waals surface area contributed by atoms with Gasteiger partial charge in [0.2, 0.25) is 11.3 Å². The molecule has 80 valence electrons. The van der Waals surface area contributed by atoms with E-state index in [-0.39, 0.29) is 11.7 Å². The van der Waals surface area contributed by atoms with Gasteiger partial charge in [-0.05, 0) is 24.3 Å². The van der Waals surface area contributed by atoms with E-state index < -0.39 is 0 Å². The van der Waals surface area contributed by atoms with Crippen LogP contribution in [0.1, 0.15) is 13.8 Å². The van der Waals surface area contributed by atoms with Crippen LogP contribution in [0.25, 0.3) is 4.98 Å². The van der Waals surface area contributed by atoms with Gasteiger partial charge in [0, 0.05) is 19.5 Å². The van der Waals surface area contributed by atoms with Crippen LogP contribution in [0.2, 0.25) is 0 Å². The lowest BCUT2D eigenvalue weighted by Crippen LogP contribution is -2.05. The number of hydrogen-bond donors (Lipinski definition) is 1. The molecular weight excluding hydrogens is 197 g/mol. The second kappa shape index (κ2) is 7.44. The van der Waals surface area contributed by atoms with Crippen LogP contribution in [0, 0.1) is 11.2 Å². The van der Waals surface area contributed by atoms with Crippen LogP contribution >= 0.6 is 0 Å². The fourth-order valence-corrected chi connectivity index (χ4v) is 0.736. The summed E-state index contributed by atoms with van der Waals surface area (Å²) >= 11 is 0. The fraction of sp³-hybridized carbons (Fsp3) is 0.300. The van der Waals surface area contributed by atoms with Gasteiger partial charge in [0.05, 0.1) is 0 Å². The van der Waals surface area contributed by atoms with Gasteiger partial charge in [-0.15, -0.1) is 0 Å². The topological polar surface area (TPSA) is 57.2 Å². The first-order valence-electron chi connectivity index (χ1n) is 4.44. The van der Waals surface area contributed by atoms with Crippen LogP contribution in [-0.2, 0) is 4.79 Å². The molecule has 0 aromatic heterocycles. The quantitative estimate of drug-likeness (QED) is 0.724. The average Bonchev–Trinajstić information content (AvgIpc) is 2.21. The Hall–Kier alpha value is -1.96. The lowest BCUT2D eigenvalue weighted by Gasteiger charge is -1.99. The molecule has 0 fully saturated rings. The maximum atomic E-state index is 12.3. The highest BCUT2D eigenvalue weighted by molar-refractivity contribution is 5.88. The Morgan fingerprint density at radius 1 is 1.47 bits per heavy atom. The van der Waals surface area contributed by atoms with Gasteiger partial charge in [-0.1, -0.05) is 0 Å². The summed E-state index contributed by atoms with van der Waals surface area (Å²) in [4.78, 5) is 13.2. The van der Waals surface area contributed by atoms with Gasteiger partial charge < -0.3 is 5.32 Å². The predicted molar refractivity (Wildman–Crippen MR) is 56.3 cm³/mol. The molecule has 0 atom stereocenters. The van der Waals surface area contributed by atoms with Crippen LogP contribution in [0.3, 0.4) is 0 Å². The first-order valence-corrected chi connectivity index (χ1v) is 4.44. The van der Waals surface area contributed by atoms with Crippen LogP contribution in [0.5, 0.6) is 0 Å². The van der Waals surface area contributed by atoms with E-state index in [9.17, 15) is 9.18 Å². The molecule has 0 heterocycles. The van der Waals surface area contributed by atoms with E-state index in [1.54, 1.807) is 6.92 Å². The maximum Gasteiger partial charge on any atom is 0.302 e. The molecule has 5 heteroatoms. The predicted octanol–water partition coefficient (Wildman–Crippen LogP) is 2.64.